The van der Waals surface area contributed by atoms with Gasteiger partial charge < -0.3 is 5.11 Å². The molecule has 24 heavy (non-hydrogen) atoms. The first kappa shape index (κ1) is 16.2. The monoisotopic (exact) mass is 348 g/mol. The third-order valence-corrected chi connectivity index (χ3v) is 5.00. The average molecular weight is 348 g/mol. The molecule has 2 aromatic rings. The van der Waals surface area contributed by atoms with Crippen LogP contribution in [0.5, 0.6) is 5.88 Å². The van der Waals surface area contributed by atoms with E-state index in [4.69, 9.17) is 0 Å². The number of aromatic hydroxyl groups is 1. The van der Waals surface area contributed by atoms with Gasteiger partial charge in [0.2, 0.25) is 11.8 Å². The Balaban J connectivity index is 2.15. The van der Waals surface area contributed by atoms with Gasteiger partial charge in [0.25, 0.3) is 5.56 Å². The number of hydrogen-bond acceptors (Lipinski definition) is 6. The van der Waals surface area contributed by atoms with Crippen molar-refractivity contribution in [2.45, 2.75) is 19.4 Å². The minimum Gasteiger partial charge on any atom is -0.494 e. The molecule has 3 heterocycles. The number of aromatic nitrogens is 2. The SMILES string of the molecule is CC(=O)N1N=C(c2c(O)n(C)c(=O)n(C)c2=O)C[C@H]1c1cccs1. The molecule has 3 rings (SSSR count). The smallest absolute Gasteiger partial charge is 0.333 e. The molecule has 0 spiro atoms. The van der Waals surface area contributed by atoms with E-state index in [9.17, 15) is 19.5 Å². The Kier molecular flexibility index (Phi) is 3.88. The van der Waals surface area contributed by atoms with Gasteiger partial charge >= 0.3 is 5.69 Å². The van der Waals surface area contributed by atoms with E-state index in [-0.39, 0.29) is 23.2 Å². The highest BCUT2D eigenvalue weighted by Crippen LogP contribution is 2.35. The van der Waals surface area contributed by atoms with Crippen molar-refractivity contribution in [3.8, 4) is 5.88 Å². The molecule has 2 aromatic heterocycles. The molecule has 0 radical (unpaired) electrons. The van der Waals surface area contributed by atoms with Crippen LogP contribution < -0.4 is 11.2 Å². The number of nitrogens with zero attached hydrogens (tertiary/aromatic N) is 4. The van der Waals surface area contributed by atoms with Crippen molar-refractivity contribution in [2.24, 2.45) is 19.2 Å². The Morgan fingerprint density at radius 3 is 2.62 bits per heavy atom. The van der Waals surface area contributed by atoms with E-state index < -0.39 is 17.1 Å². The fourth-order valence-electron chi connectivity index (χ4n) is 2.74. The van der Waals surface area contributed by atoms with Gasteiger partial charge in [-0.1, -0.05) is 6.07 Å². The number of carbonyl (C=O) groups is 1. The summed E-state index contributed by atoms with van der Waals surface area (Å²) in [6, 6.07) is 3.44. The summed E-state index contributed by atoms with van der Waals surface area (Å²) in [4.78, 5) is 37.1. The zero-order valence-electron chi connectivity index (χ0n) is 13.4. The second kappa shape index (κ2) is 5.75. The summed E-state index contributed by atoms with van der Waals surface area (Å²) in [7, 11) is 2.71. The molecule has 0 saturated heterocycles. The minimum atomic E-state index is -0.635. The third kappa shape index (κ3) is 2.37. The molecular formula is C15H16N4O4S. The van der Waals surface area contributed by atoms with Crippen LogP contribution in [0.3, 0.4) is 0 Å². The minimum absolute atomic E-state index is 0.0510. The van der Waals surface area contributed by atoms with Gasteiger partial charge in [0.15, 0.2) is 0 Å². The zero-order chi connectivity index (χ0) is 17.6. The molecule has 0 aliphatic carbocycles. The van der Waals surface area contributed by atoms with Crippen LogP contribution in [0.2, 0.25) is 0 Å². The van der Waals surface area contributed by atoms with Crippen LogP contribution in [-0.2, 0) is 18.9 Å². The van der Waals surface area contributed by atoms with Crippen LogP contribution >= 0.6 is 11.3 Å². The van der Waals surface area contributed by atoms with Gasteiger partial charge in [-0.15, -0.1) is 11.3 Å². The summed E-state index contributed by atoms with van der Waals surface area (Å²) in [6.07, 6.45) is 0.293. The molecular weight excluding hydrogens is 332 g/mol. The first-order valence-electron chi connectivity index (χ1n) is 7.23. The summed E-state index contributed by atoms with van der Waals surface area (Å²) in [5, 5.41) is 17.7. The van der Waals surface area contributed by atoms with E-state index in [0.29, 0.717) is 6.42 Å². The quantitative estimate of drug-likeness (QED) is 0.857. The molecule has 0 aromatic carbocycles. The maximum atomic E-state index is 12.4. The molecule has 0 saturated carbocycles. The van der Waals surface area contributed by atoms with Crippen molar-refractivity contribution in [1.82, 2.24) is 14.1 Å². The molecule has 0 unspecified atom stereocenters. The van der Waals surface area contributed by atoms with Gasteiger partial charge in [-0.2, -0.15) is 5.10 Å². The highest BCUT2D eigenvalue weighted by atomic mass is 32.1. The lowest BCUT2D eigenvalue weighted by atomic mass is 10.0. The first-order valence-corrected chi connectivity index (χ1v) is 8.11. The van der Waals surface area contributed by atoms with Gasteiger partial charge in [0.1, 0.15) is 5.56 Å². The van der Waals surface area contributed by atoms with Crippen molar-refractivity contribution in [3.05, 3.63) is 48.8 Å². The number of carbonyl (C=O) groups excluding carboxylic acids is 1. The van der Waals surface area contributed by atoms with E-state index >= 15 is 0 Å². The summed E-state index contributed by atoms with van der Waals surface area (Å²) >= 11 is 1.49. The Labute approximate surface area is 140 Å². The van der Waals surface area contributed by atoms with Crippen molar-refractivity contribution in [2.75, 3.05) is 0 Å². The van der Waals surface area contributed by atoms with E-state index in [0.717, 1.165) is 14.0 Å². The number of hydrazone groups is 1. The van der Waals surface area contributed by atoms with Crippen LogP contribution in [0.25, 0.3) is 0 Å². The fourth-order valence-corrected chi connectivity index (χ4v) is 3.55. The predicted octanol–water partition coefficient (Wildman–Crippen LogP) is 0.549. The Bertz CT molecular complexity index is 955. The molecule has 9 heteroatoms. The fraction of sp³-hybridized carbons (Fsp3) is 0.333. The maximum absolute atomic E-state index is 12.4. The summed E-state index contributed by atoms with van der Waals surface area (Å²) in [5.41, 5.74) is -1.02. The van der Waals surface area contributed by atoms with Crippen LogP contribution in [0.4, 0.5) is 0 Å². The lowest BCUT2D eigenvalue weighted by Gasteiger charge is -2.18. The molecule has 1 amide bonds. The summed E-state index contributed by atoms with van der Waals surface area (Å²) in [6.45, 7) is 1.39. The normalized spacial score (nSPS) is 17.2. The molecule has 1 aliphatic heterocycles. The number of hydrogen-bond donors (Lipinski definition) is 1. The number of rotatable bonds is 2. The first-order chi connectivity index (χ1) is 11.3. The van der Waals surface area contributed by atoms with Gasteiger partial charge in [0.05, 0.1) is 11.8 Å². The van der Waals surface area contributed by atoms with Gasteiger partial charge in [-0.3, -0.25) is 18.7 Å². The van der Waals surface area contributed by atoms with Crippen molar-refractivity contribution >= 4 is 23.0 Å². The van der Waals surface area contributed by atoms with Crippen LogP contribution in [0.1, 0.15) is 29.8 Å². The Morgan fingerprint density at radius 2 is 2.04 bits per heavy atom. The summed E-state index contributed by atoms with van der Waals surface area (Å²) < 4.78 is 1.89. The number of thiophene rings is 1. The maximum Gasteiger partial charge on any atom is 0.333 e. The average Bonchev–Trinajstić information content (AvgIpc) is 3.20. The second-order valence-electron chi connectivity index (χ2n) is 5.55. The van der Waals surface area contributed by atoms with Crippen molar-refractivity contribution in [1.29, 1.82) is 0 Å². The highest BCUT2D eigenvalue weighted by Gasteiger charge is 2.35. The van der Waals surface area contributed by atoms with Crippen LogP contribution in [0, 0.1) is 0 Å². The molecule has 1 N–H and O–H groups in total. The van der Waals surface area contributed by atoms with Gasteiger partial charge in [0, 0.05) is 32.3 Å². The highest BCUT2D eigenvalue weighted by molar-refractivity contribution is 7.10. The van der Waals surface area contributed by atoms with E-state index in [1.165, 1.54) is 37.4 Å². The van der Waals surface area contributed by atoms with Crippen molar-refractivity contribution in [3.63, 3.8) is 0 Å². The molecule has 0 fully saturated rings. The molecule has 1 atom stereocenters. The standard InChI is InChI=1S/C15H16N4O4S/c1-8(20)19-10(11-5-4-6-24-11)7-9(16-19)12-13(21)17(2)15(23)18(3)14(12)22/h4-6,10,21H,7H2,1-3H3/t10-/m0/s1. The van der Waals surface area contributed by atoms with E-state index in [1.807, 2.05) is 17.5 Å². The zero-order valence-corrected chi connectivity index (χ0v) is 14.2. The van der Waals surface area contributed by atoms with Crippen LogP contribution in [-0.4, -0.2) is 30.9 Å². The predicted molar refractivity (Wildman–Crippen MR) is 89.3 cm³/mol. The third-order valence-electron chi connectivity index (χ3n) is 4.03. The Hall–Kier alpha value is -2.68. The van der Waals surface area contributed by atoms with Crippen LogP contribution in [0.15, 0.2) is 32.2 Å². The molecule has 0 bridgehead atoms. The summed E-state index contributed by atoms with van der Waals surface area (Å²) in [5.74, 6) is -0.707. The molecule has 126 valence electrons. The lowest BCUT2D eigenvalue weighted by Crippen LogP contribution is -2.39. The van der Waals surface area contributed by atoms with E-state index in [2.05, 4.69) is 5.10 Å². The van der Waals surface area contributed by atoms with Gasteiger partial charge in [-0.25, -0.2) is 9.80 Å². The topological polar surface area (TPSA) is 96.9 Å². The molecule has 1 aliphatic rings. The van der Waals surface area contributed by atoms with E-state index in [1.54, 1.807) is 0 Å². The Morgan fingerprint density at radius 1 is 1.33 bits per heavy atom. The lowest BCUT2D eigenvalue weighted by molar-refractivity contribution is -0.130. The molecule has 8 nitrogen and oxygen atoms in total. The number of amides is 1. The largest absolute Gasteiger partial charge is 0.494 e. The second-order valence-corrected chi connectivity index (χ2v) is 6.53. The van der Waals surface area contributed by atoms with Crippen molar-refractivity contribution < 1.29 is 9.90 Å². The van der Waals surface area contributed by atoms with Gasteiger partial charge in [-0.05, 0) is 11.4 Å².